The van der Waals surface area contributed by atoms with Crippen LogP contribution in [0.2, 0.25) is 10.0 Å². The topological polar surface area (TPSA) is 95.5 Å². The van der Waals surface area contributed by atoms with E-state index in [2.05, 4.69) is 10.6 Å². The van der Waals surface area contributed by atoms with Crippen molar-refractivity contribution in [3.05, 3.63) is 74.5 Å². The highest BCUT2D eigenvalue weighted by molar-refractivity contribution is 6.35. The fourth-order valence-corrected chi connectivity index (χ4v) is 3.54. The minimum absolute atomic E-state index is 0.0430. The summed E-state index contributed by atoms with van der Waals surface area (Å²) in [6.07, 6.45) is -4.67. The number of likely N-dealkylation sites (N-methyl/N-ethyl adjacent to an activating group) is 1. The van der Waals surface area contributed by atoms with Crippen molar-refractivity contribution in [3.8, 4) is 0 Å². The van der Waals surface area contributed by atoms with E-state index in [0.717, 1.165) is 6.07 Å². The van der Waals surface area contributed by atoms with E-state index >= 15 is 0 Å². The Morgan fingerprint density at radius 1 is 1.09 bits per heavy atom. The molecule has 0 aromatic heterocycles. The summed E-state index contributed by atoms with van der Waals surface area (Å²) >= 11 is 11.2. The summed E-state index contributed by atoms with van der Waals surface area (Å²) in [6.45, 7) is 2.73. The summed E-state index contributed by atoms with van der Waals surface area (Å²) in [4.78, 5) is 37.0. The molecule has 0 aliphatic rings. The summed E-state index contributed by atoms with van der Waals surface area (Å²) in [5.74, 6) is -3.46. The first-order chi connectivity index (χ1) is 16.3. The largest absolute Gasteiger partial charge is 0.417 e. The van der Waals surface area contributed by atoms with Gasteiger partial charge in [0.25, 0.3) is 5.91 Å². The fourth-order valence-electron chi connectivity index (χ4n) is 3.05. The summed E-state index contributed by atoms with van der Waals surface area (Å²) < 4.78 is 54.6. The highest BCUT2D eigenvalue weighted by Crippen LogP contribution is 2.37. The molecule has 188 valence electrons. The van der Waals surface area contributed by atoms with Gasteiger partial charge in [0.15, 0.2) is 11.6 Å². The maximum Gasteiger partial charge on any atom is 0.417 e. The Hall–Kier alpha value is -2.95. The molecule has 0 aliphatic carbocycles. The number of carbonyl (C=O) groups excluding carboxylic acids is 3. The molecule has 2 aromatic rings. The smallest absolute Gasteiger partial charge is 0.394 e. The van der Waals surface area contributed by atoms with Crippen molar-refractivity contribution >= 4 is 46.4 Å². The second kappa shape index (κ2) is 11.7. The van der Waals surface area contributed by atoms with E-state index in [1.165, 1.54) is 19.1 Å². The SMILES string of the molecule is CCNC(=O)C(CO)NC(=O)c1ccc(C(=O)/C=C(\c2cc(Cl)c(F)c(Cl)c2)C(F)(F)F)cc1C. The molecule has 35 heavy (non-hydrogen) atoms. The number of rotatable bonds is 8. The molecule has 0 saturated heterocycles. The van der Waals surface area contributed by atoms with Gasteiger partial charge in [0.2, 0.25) is 5.91 Å². The van der Waals surface area contributed by atoms with E-state index in [4.69, 9.17) is 23.2 Å². The van der Waals surface area contributed by atoms with Gasteiger partial charge < -0.3 is 15.7 Å². The predicted octanol–water partition coefficient (Wildman–Crippen LogP) is 4.50. The van der Waals surface area contributed by atoms with E-state index in [9.17, 15) is 37.1 Å². The lowest BCUT2D eigenvalue weighted by atomic mass is 9.98. The Labute approximate surface area is 207 Å². The first kappa shape index (κ1) is 28.3. The number of carbonyl (C=O) groups is 3. The molecule has 2 aromatic carbocycles. The van der Waals surface area contributed by atoms with Gasteiger partial charge in [-0.2, -0.15) is 13.2 Å². The molecule has 2 amide bonds. The van der Waals surface area contributed by atoms with Crippen molar-refractivity contribution in [2.45, 2.75) is 26.1 Å². The molecular formula is C23H20Cl2F4N2O4. The van der Waals surface area contributed by atoms with Crippen LogP contribution in [0.5, 0.6) is 0 Å². The van der Waals surface area contributed by atoms with Crippen LogP contribution in [0.25, 0.3) is 5.57 Å². The van der Waals surface area contributed by atoms with Gasteiger partial charge in [-0.15, -0.1) is 0 Å². The molecule has 0 fully saturated rings. The molecule has 3 N–H and O–H groups in total. The third kappa shape index (κ3) is 7.03. The molecule has 0 radical (unpaired) electrons. The number of ketones is 1. The molecule has 0 heterocycles. The van der Waals surface area contributed by atoms with E-state index in [0.29, 0.717) is 18.2 Å². The molecule has 1 atom stereocenters. The number of alkyl halides is 3. The maximum atomic E-state index is 13.7. The van der Waals surface area contributed by atoms with Crippen LogP contribution in [0.1, 0.15) is 38.8 Å². The molecule has 0 saturated carbocycles. The normalized spacial score (nSPS) is 12.8. The Balaban J connectivity index is 2.37. The van der Waals surface area contributed by atoms with E-state index < -0.39 is 63.4 Å². The van der Waals surface area contributed by atoms with Crippen molar-refractivity contribution in [3.63, 3.8) is 0 Å². The summed E-state index contributed by atoms with van der Waals surface area (Å²) in [6, 6.07) is 3.75. The number of hydrogen-bond donors (Lipinski definition) is 3. The van der Waals surface area contributed by atoms with Crippen molar-refractivity contribution < 1.29 is 37.1 Å². The van der Waals surface area contributed by atoms with Gasteiger partial charge in [0.05, 0.1) is 22.2 Å². The molecule has 12 heteroatoms. The van der Waals surface area contributed by atoms with Crippen LogP contribution < -0.4 is 10.6 Å². The summed E-state index contributed by atoms with van der Waals surface area (Å²) in [5.41, 5.74) is -1.88. The predicted molar refractivity (Wildman–Crippen MR) is 123 cm³/mol. The molecule has 2 rings (SSSR count). The van der Waals surface area contributed by atoms with Crippen LogP contribution in [-0.2, 0) is 4.79 Å². The van der Waals surface area contributed by atoms with Gasteiger partial charge in [-0.1, -0.05) is 29.3 Å². The number of hydrogen-bond acceptors (Lipinski definition) is 4. The standard InChI is InChI=1S/C23H20Cl2F4N2O4/c1-3-30-22(35)18(10-32)31-21(34)14-5-4-12(6-11(14)2)19(33)9-15(23(27,28)29)13-7-16(24)20(26)17(25)8-13/h4-9,18,32H,3,10H2,1-2H3,(H,30,35)(H,31,34)/b15-9+. The summed E-state index contributed by atoms with van der Waals surface area (Å²) in [5, 5.41) is 12.9. The Morgan fingerprint density at radius 2 is 1.69 bits per heavy atom. The lowest BCUT2D eigenvalue weighted by Crippen LogP contribution is -2.49. The number of amides is 2. The molecule has 1 unspecified atom stereocenters. The second-order valence-corrected chi connectivity index (χ2v) is 8.12. The molecule has 0 bridgehead atoms. The van der Waals surface area contributed by atoms with Crippen LogP contribution in [0, 0.1) is 12.7 Å². The minimum Gasteiger partial charge on any atom is -0.394 e. The average molecular weight is 535 g/mol. The monoisotopic (exact) mass is 534 g/mol. The van der Waals surface area contributed by atoms with Gasteiger partial charge >= 0.3 is 6.18 Å². The molecule has 6 nitrogen and oxygen atoms in total. The van der Waals surface area contributed by atoms with E-state index in [1.54, 1.807) is 6.92 Å². The van der Waals surface area contributed by atoms with Crippen molar-refractivity contribution in [1.29, 1.82) is 0 Å². The zero-order chi connectivity index (χ0) is 26.5. The lowest BCUT2D eigenvalue weighted by molar-refractivity contribution is -0.123. The van der Waals surface area contributed by atoms with Crippen molar-refractivity contribution in [2.24, 2.45) is 0 Å². The molecule has 0 aliphatic heterocycles. The van der Waals surface area contributed by atoms with Crippen molar-refractivity contribution in [2.75, 3.05) is 13.2 Å². The lowest BCUT2D eigenvalue weighted by Gasteiger charge is -2.16. The second-order valence-electron chi connectivity index (χ2n) is 7.31. The van der Waals surface area contributed by atoms with Crippen LogP contribution in [-0.4, -0.2) is 48.1 Å². The van der Waals surface area contributed by atoms with E-state index in [-0.39, 0.29) is 23.2 Å². The first-order valence-electron chi connectivity index (χ1n) is 10.1. The van der Waals surface area contributed by atoms with Gasteiger partial charge in [0, 0.05) is 17.7 Å². The first-order valence-corrected chi connectivity index (χ1v) is 10.8. The third-order valence-electron chi connectivity index (χ3n) is 4.79. The number of aliphatic hydroxyl groups excluding tert-OH is 1. The van der Waals surface area contributed by atoms with Gasteiger partial charge in [0.1, 0.15) is 6.04 Å². The number of halogens is 6. The zero-order valence-electron chi connectivity index (χ0n) is 18.4. The number of allylic oxidation sites excluding steroid dienone is 2. The maximum absolute atomic E-state index is 13.7. The highest BCUT2D eigenvalue weighted by atomic mass is 35.5. The fraction of sp³-hybridized carbons (Fsp3) is 0.261. The minimum atomic E-state index is -4.99. The summed E-state index contributed by atoms with van der Waals surface area (Å²) in [7, 11) is 0. The highest BCUT2D eigenvalue weighted by Gasteiger charge is 2.36. The Bertz CT molecular complexity index is 1160. The number of nitrogens with one attached hydrogen (secondary N) is 2. The van der Waals surface area contributed by atoms with Crippen LogP contribution in [0.15, 0.2) is 36.4 Å². The quantitative estimate of drug-likeness (QED) is 0.201. The number of aryl methyl sites for hydroxylation is 1. The van der Waals surface area contributed by atoms with E-state index in [1.807, 2.05) is 0 Å². The van der Waals surface area contributed by atoms with Gasteiger partial charge in [-0.25, -0.2) is 4.39 Å². The molecule has 0 spiro atoms. The zero-order valence-corrected chi connectivity index (χ0v) is 19.9. The van der Waals surface area contributed by atoms with Crippen LogP contribution in [0.4, 0.5) is 17.6 Å². The Kier molecular flexibility index (Phi) is 9.42. The van der Waals surface area contributed by atoms with Gasteiger partial charge in [-0.05, 0) is 55.3 Å². The number of aliphatic hydroxyl groups is 1. The third-order valence-corrected chi connectivity index (χ3v) is 5.34. The number of benzene rings is 2. The van der Waals surface area contributed by atoms with Crippen LogP contribution >= 0.6 is 23.2 Å². The van der Waals surface area contributed by atoms with Gasteiger partial charge in [-0.3, -0.25) is 14.4 Å². The average Bonchev–Trinajstić information content (AvgIpc) is 2.77. The van der Waals surface area contributed by atoms with Crippen LogP contribution in [0.3, 0.4) is 0 Å². The molecular weight excluding hydrogens is 515 g/mol. The van der Waals surface area contributed by atoms with Crippen molar-refractivity contribution in [1.82, 2.24) is 10.6 Å². The Morgan fingerprint density at radius 3 is 2.17 bits per heavy atom.